The van der Waals surface area contributed by atoms with Crippen molar-refractivity contribution in [2.45, 2.75) is 41.5 Å². The van der Waals surface area contributed by atoms with Gasteiger partial charge in [-0.05, 0) is 64.8 Å². The predicted molar refractivity (Wildman–Crippen MR) is 150 cm³/mol. The van der Waals surface area contributed by atoms with Gasteiger partial charge in [-0.2, -0.15) is 0 Å². The first-order valence-electron chi connectivity index (χ1n) is 12.2. The molecular formula is C32H33BN-. The lowest BCUT2D eigenvalue weighted by molar-refractivity contribution is 1.19. The highest BCUT2D eigenvalue weighted by atomic mass is 15.1. The zero-order valence-electron chi connectivity index (χ0n) is 21.5. The van der Waals surface area contributed by atoms with Crippen LogP contribution in [0, 0.1) is 41.5 Å². The Morgan fingerprint density at radius 1 is 0.529 bits per heavy atom. The van der Waals surface area contributed by atoms with Crippen molar-refractivity contribution in [2.24, 2.45) is 0 Å². The van der Waals surface area contributed by atoms with Gasteiger partial charge in [0.15, 0.2) is 0 Å². The van der Waals surface area contributed by atoms with Gasteiger partial charge < -0.3 is 4.90 Å². The molecule has 2 heteroatoms. The van der Waals surface area contributed by atoms with Crippen LogP contribution in [0.4, 0.5) is 11.4 Å². The van der Waals surface area contributed by atoms with E-state index in [-0.39, 0.29) is 6.35 Å². The highest BCUT2D eigenvalue weighted by molar-refractivity contribution is 6.96. The van der Waals surface area contributed by atoms with Crippen molar-refractivity contribution in [3.8, 4) is 0 Å². The van der Waals surface area contributed by atoms with Crippen molar-refractivity contribution in [3.05, 3.63) is 117 Å². The van der Waals surface area contributed by atoms with Crippen molar-refractivity contribution >= 4 is 34.1 Å². The molecule has 4 aromatic rings. The first-order chi connectivity index (χ1) is 16.3. The van der Waals surface area contributed by atoms with E-state index < -0.39 is 0 Å². The van der Waals surface area contributed by atoms with Crippen LogP contribution in [-0.4, -0.2) is 18.9 Å². The number of aryl methyl sites for hydroxylation is 6. The normalized spacial score (nSPS) is 12.4. The molecule has 5 rings (SSSR count). The molecule has 4 aromatic carbocycles. The zero-order valence-corrected chi connectivity index (χ0v) is 21.5. The number of nitrogens with zero attached hydrogens (tertiary/aromatic N) is 1. The Bertz CT molecular complexity index is 1320. The Kier molecular flexibility index (Phi) is 5.56. The minimum atomic E-state index is 0.150. The van der Waals surface area contributed by atoms with E-state index in [0.717, 1.165) is 0 Å². The molecule has 0 atom stereocenters. The third kappa shape index (κ3) is 3.53. The molecule has 0 saturated carbocycles. The Morgan fingerprint density at radius 2 is 0.882 bits per heavy atom. The van der Waals surface area contributed by atoms with Crippen LogP contribution in [0.3, 0.4) is 0 Å². The summed E-state index contributed by atoms with van der Waals surface area (Å²) in [6, 6.07) is 27.2. The van der Waals surface area contributed by atoms with Crippen molar-refractivity contribution in [1.82, 2.24) is 0 Å². The van der Waals surface area contributed by atoms with Crippen LogP contribution >= 0.6 is 0 Å². The number of fused-ring (bicyclic) bond motifs is 2. The maximum atomic E-state index is 2.35. The van der Waals surface area contributed by atoms with Gasteiger partial charge in [0, 0.05) is 18.4 Å². The summed E-state index contributed by atoms with van der Waals surface area (Å²) >= 11 is 0. The van der Waals surface area contributed by atoms with E-state index in [1.54, 1.807) is 0 Å². The first kappa shape index (κ1) is 22.4. The third-order valence-corrected chi connectivity index (χ3v) is 7.45. The Balaban J connectivity index is 2.04. The fourth-order valence-corrected chi connectivity index (χ4v) is 6.30. The van der Waals surface area contributed by atoms with Gasteiger partial charge >= 0.3 is 0 Å². The smallest absolute Gasteiger partial charge is 0.0450 e. The summed E-state index contributed by atoms with van der Waals surface area (Å²) in [4.78, 5) is 2.34. The standard InChI is InChI=1S/C32H33BN/c1-20-16-22(3)30(23(4)17-20)33(31-24(5)18-21(2)19-25(31)6)32-26-12-8-10-14-28(26)34(7)29-15-11-9-13-27(29)32/h8-19H,1-7H3/q-1. The van der Waals surface area contributed by atoms with E-state index in [1.807, 2.05) is 0 Å². The van der Waals surface area contributed by atoms with Crippen molar-refractivity contribution in [2.75, 3.05) is 11.9 Å². The lowest BCUT2D eigenvalue weighted by atomic mass is 9.42. The van der Waals surface area contributed by atoms with Gasteiger partial charge in [0.1, 0.15) is 0 Å². The van der Waals surface area contributed by atoms with Gasteiger partial charge in [-0.1, -0.05) is 100 Å². The van der Waals surface area contributed by atoms with Gasteiger partial charge in [0.25, 0.3) is 0 Å². The van der Waals surface area contributed by atoms with Gasteiger partial charge in [0.2, 0.25) is 0 Å². The summed E-state index contributed by atoms with van der Waals surface area (Å²) in [7, 11) is 2.19. The van der Waals surface area contributed by atoms with E-state index >= 15 is 0 Å². The minimum Gasteiger partial charge on any atom is -0.344 e. The summed E-state index contributed by atoms with van der Waals surface area (Å²) < 4.78 is 0. The van der Waals surface area contributed by atoms with E-state index in [4.69, 9.17) is 0 Å². The van der Waals surface area contributed by atoms with Crippen LogP contribution in [0.15, 0.2) is 72.8 Å². The molecule has 1 aliphatic rings. The number of rotatable bonds is 2. The van der Waals surface area contributed by atoms with E-state index in [9.17, 15) is 0 Å². The number of para-hydroxylation sites is 2. The predicted octanol–water partition coefficient (Wildman–Crippen LogP) is 6.08. The summed E-state index contributed by atoms with van der Waals surface area (Å²) in [5.74, 6) is 0. The molecule has 0 N–H and O–H groups in total. The molecular weight excluding hydrogens is 409 g/mol. The third-order valence-electron chi connectivity index (χ3n) is 7.45. The monoisotopic (exact) mass is 442 g/mol. The second-order valence-electron chi connectivity index (χ2n) is 10.1. The second kappa shape index (κ2) is 8.44. The number of hydrogen-bond acceptors (Lipinski definition) is 1. The number of hydrogen-bond donors (Lipinski definition) is 0. The van der Waals surface area contributed by atoms with Crippen LogP contribution in [0.5, 0.6) is 0 Å². The summed E-state index contributed by atoms with van der Waals surface area (Å²) in [6.07, 6.45) is 0.150. The summed E-state index contributed by atoms with van der Waals surface area (Å²) in [5.41, 5.74) is 17.6. The van der Waals surface area contributed by atoms with E-state index in [1.165, 1.54) is 72.3 Å². The molecule has 0 bridgehead atoms. The van der Waals surface area contributed by atoms with Gasteiger partial charge in [0.05, 0.1) is 0 Å². The lowest BCUT2D eigenvalue weighted by Gasteiger charge is -2.40. The molecule has 0 radical (unpaired) electrons. The van der Waals surface area contributed by atoms with Crippen LogP contribution < -0.4 is 15.8 Å². The van der Waals surface area contributed by atoms with Crippen molar-refractivity contribution in [1.29, 1.82) is 0 Å². The maximum absolute atomic E-state index is 2.35. The van der Waals surface area contributed by atoms with Crippen LogP contribution in [-0.2, 0) is 0 Å². The molecule has 0 saturated heterocycles. The van der Waals surface area contributed by atoms with Gasteiger partial charge in [-0.15, -0.1) is 0 Å². The van der Waals surface area contributed by atoms with E-state index in [0.29, 0.717) is 0 Å². The molecule has 34 heavy (non-hydrogen) atoms. The highest BCUT2D eigenvalue weighted by Gasteiger charge is 2.22. The molecule has 1 heterocycles. The quantitative estimate of drug-likeness (QED) is 0.340. The first-order valence-corrected chi connectivity index (χ1v) is 12.2. The molecule has 0 fully saturated rings. The fourth-order valence-electron chi connectivity index (χ4n) is 6.30. The molecule has 170 valence electrons. The largest absolute Gasteiger partial charge is 0.344 e. The molecule has 0 amide bonds. The van der Waals surface area contributed by atoms with Gasteiger partial charge in [-0.25, -0.2) is 16.4 Å². The maximum Gasteiger partial charge on any atom is 0.0450 e. The average Bonchev–Trinajstić information content (AvgIpc) is 2.78. The Morgan fingerprint density at radius 3 is 1.26 bits per heavy atom. The average molecular weight is 442 g/mol. The number of anilines is 2. The lowest BCUT2D eigenvalue weighted by Crippen LogP contribution is -2.47. The molecule has 0 aromatic heterocycles. The molecule has 1 nitrogen and oxygen atoms in total. The van der Waals surface area contributed by atoms with E-state index in [2.05, 4.69) is 126 Å². The Labute approximate surface area is 204 Å². The summed E-state index contributed by atoms with van der Waals surface area (Å²) in [5, 5.41) is 0. The molecule has 0 spiro atoms. The van der Waals surface area contributed by atoms with Crippen molar-refractivity contribution < 1.29 is 0 Å². The molecule has 0 aliphatic carbocycles. The topological polar surface area (TPSA) is 3.24 Å². The fraction of sp³-hybridized carbons (Fsp3) is 0.219. The zero-order chi connectivity index (χ0) is 24.1. The SMILES string of the molecule is Cc1cc(C)c([B-](=C2c3ccccc3N(C)c3ccccc32)c2c(C)cc(C)cc2C)c(C)c1. The summed E-state index contributed by atoms with van der Waals surface area (Å²) in [6.45, 7) is 13.6. The Hall–Kier alpha value is -3.39. The van der Waals surface area contributed by atoms with Crippen LogP contribution in [0.25, 0.3) is 0 Å². The van der Waals surface area contributed by atoms with Crippen LogP contribution in [0.1, 0.15) is 44.5 Å². The molecule has 0 unspecified atom stereocenters. The minimum absolute atomic E-state index is 0.150. The van der Waals surface area contributed by atoms with Crippen molar-refractivity contribution in [3.63, 3.8) is 0 Å². The number of benzene rings is 4. The molecule has 1 aliphatic heterocycles. The highest BCUT2D eigenvalue weighted by Crippen LogP contribution is 2.37. The van der Waals surface area contributed by atoms with Crippen LogP contribution in [0.2, 0.25) is 0 Å². The van der Waals surface area contributed by atoms with Gasteiger partial charge in [-0.3, -0.25) is 0 Å². The second-order valence-corrected chi connectivity index (χ2v) is 10.1.